The first-order chi connectivity index (χ1) is 8.49. The van der Waals surface area contributed by atoms with Crippen molar-refractivity contribution in [2.24, 2.45) is 0 Å². The van der Waals surface area contributed by atoms with E-state index >= 15 is 0 Å². The van der Waals surface area contributed by atoms with E-state index in [9.17, 15) is 9.59 Å². The van der Waals surface area contributed by atoms with Gasteiger partial charge in [-0.1, -0.05) is 18.2 Å². The second kappa shape index (κ2) is 6.64. The number of aliphatic carboxylic acids is 1. The second-order valence-electron chi connectivity index (χ2n) is 4.19. The van der Waals surface area contributed by atoms with Crippen molar-refractivity contribution in [2.45, 2.75) is 26.3 Å². The topological polar surface area (TPSA) is 75.6 Å². The maximum Gasteiger partial charge on any atom is 0.307 e. The third-order valence-corrected chi connectivity index (χ3v) is 2.12. The van der Waals surface area contributed by atoms with Crippen molar-refractivity contribution >= 4 is 11.9 Å². The van der Waals surface area contributed by atoms with Gasteiger partial charge in [0.15, 0.2) is 6.61 Å². The van der Waals surface area contributed by atoms with Crippen LogP contribution in [-0.2, 0) is 16.0 Å². The van der Waals surface area contributed by atoms with Crippen LogP contribution in [0.15, 0.2) is 24.3 Å². The molecule has 0 aliphatic heterocycles. The van der Waals surface area contributed by atoms with Crippen LogP contribution in [0, 0.1) is 0 Å². The Morgan fingerprint density at radius 1 is 1.33 bits per heavy atom. The van der Waals surface area contributed by atoms with Crippen molar-refractivity contribution in [3.05, 3.63) is 29.8 Å². The van der Waals surface area contributed by atoms with Crippen LogP contribution in [0.5, 0.6) is 5.75 Å². The van der Waals surface area contributed by atoms with Crippen LogP contribution in [0.3, 0.4) is 0 Å². The summed E-state index contributed by atoms with van der Waals surface area (Å²) in [5, 5.41) is 11.4. The van der Waals surface area contributed by atoms with Gasteiger partial charge in [-0.15, -0.1) is 0 Å². The normalized spacial score (nSPS) is 10.2. The SMILES string of the molecule is CC(C)NC(=O)COc1ccccc1CC(=O)O. The van der Waals surface area contributed by atoms with Gasteiger partial charge < -0.3 is 15.2 Å². The minimum Gasteiger partial charge on any atom is -0.483 e. The summed E-state index contributed by atoms with van der Waals surface area (Å²) in [4.78, 5) is 22.1. The van der Waals surface area contributed by atoms with E-state index in [1.807, 2.05) is 13.8 Å². The molecule has 0 aliphatic carbocycles. The van der Waals surface area contributed by atoms with Gasteiger partial charge in [0.25, 0.3) is 5.91 Å². The molecular weight excluding hydrogens is 234 g/mol. The van der Waals surface area contributed by atoms with Gasteiger partial charge in [0.1, 0.15) is 5.75 Å². The van der Waals surface area contributed by atoms with Crippen molar-refractivity contribution in [2.75, 3.05) is 6.61 Å². The fourth-order valence-corrected chi connectivity index (χ4v) is 1.46. The number of rotatable bonds is 6. The summed E-state index contributed by atoms with van der Waals surface area (Å²) in [6.07, 6.45) is -0.123. The Balaban J connectivity index is 2.61. The van der Waals surface area contributed by atoms with E-state index < -0.39 is 5.97 Å². The van der Waals surface area contributed by atoms with Crippen LogP contribution < -0.4 is 10.1 Å². The van der Waals surface area contributed by atoms with Crippen molar-refractivity contribution in [1.82, 2.24) is 5.32 Å². The van der Waals surface area contributed by atoms with Crippen molar-refractivity contribution in [1.29, 1.82) is 0 Å². The van der Waals surface area contributed by atoms with Crippen LogP contribution in [0.4, 0.5) is 0 Å². The predicted molar refractivity (Wildman–Crippen MR) is 66.6 cm³/mol. The van der Waals surface area contributed by atoms with Crippen LogP contribution in [-0.4, -0.2) is 29.6 Å². The van der Waals surface area contributed by atoms with Gasteiger partial charge in [-0.3, -0.25) is 9.59 Å². The smallest absolute Gasteiger partial charge is 0.307 e. The monoisotopic (exact) mass is 251 g/mol. The van der Waals surface area contributed by atoms with E-state index in [0.717, 1.165) is 0 Å². The van der Waals surface area contributed by atoms with E-state index in [1.54, 1.807) is 24.3 Å². The Labute approximate surface area is 106 Å². The molecule has 5 nitrogen and oxygen atoms in total. The second-order valence-corrected chi connectivity index (χ2v) is 4.19. The summed E-state index contributed by atoms with van der Waals surface area (Å²) in [7, 11) is 0. The number of hydrogen-bond acceptors (Lipinski definition) is 3. The molecule has 0 spiro atoms. The van der Waals surface area contributed by atoms with Gasteiger partial charge in [-0.05, 0) is 19.9 Å². The van der Waals surface area contributed by atoms with E-state index in [0.29, 0.717) is 11.3 Å². The summed E-state index contributed by atoms with van der Waals surface area (Å²) >= 11 is 0. The van der Waals surface area contributed by atoms with Crippen LogP contribution in [0.2, 0.25) is 0 Å². The Bertz CT molecular complexity index is 429. The number of hydrogen-bond donors (Lipinski definition) is 2. The van der Waals surface area contributed by atoms with Gasteiger partial charge in [-0.25, -0.2) is 0 Å². The summed E-state index contributed by atoms with van der Waals surface area (Å²) in [6.45, 7) is 3.60. The molecule has 0 aromatic heterocycles. The molecule has 0 saturated heterocycles. The van der Waals surface area contributed by atoms with Gasteiger partial charge in [0.05, 0.1) is 6.42 Å². The Morgan fingerprint density at radius 3 is 2.61 bits per heavy atom. The van der Waals surface area contributed by atoms with E-state index in [4.69, 9.17) is 9.84 Å². The molecular formula is C13H17NO4. The minimum absolute atomic E-state index is 0.0513. The number of carbonyl (C=O) groups excluding carboxylic acids is 1. The molecule has 0 heterocycles. The summed E-state index contributed by atoms with van der Waals surface area (Å²) in [5.74, 6) is -0.730. The highest BCUT2D eigenvalue weighted by Gasteiger charge is 2.09. The van der Waals surface area contributed by atoms with Crippen LogP contribution >= 0.6 is 0 Å². The fraction of sp³-hybridized carbons (Fsp3) is 0.385. The van der Waals surface area contributed by atoms with Gasteiger partial charge in [0, 0.05) is 11.6 Å². The van der Waals surface area contributed by atoms with Crippen molar-refractivity contribution in [3.63, 3.8) is 0 Å². The molecule has 1 amide bonds. The van der Waals surface area contributed by atoms with Crippen molar-refractivity contribution in [3.8, 4) is 5.75 Å². The average Bonchev–Trinajstić information content (AvgIpc) is 2.26. The predicted octanol–water partition coefficient (Wildman–Crippen LogP) is 1.22. The molecule has 0 fully saturated rings. The van der Waals surface area contributed by atoms with E-state index in [2.05, 4.69) is 5.32 Å². The van der Waals surface area contributed by atoms with Gasteiger partial charge in [0.2, 0.25) is 0 Å². The van der Waals surface area contributed by atoms with Crippen LogP contribution in [0.1, 0.15) is 19.4 Å². The minimum atomic E-state index is -0.933. The average molecular weight is 251 g/mol. The maximum atomic E-state index is 11.4. The molecule has 0 radical (unpaired) electrons. The highest BCUT2D eigenvalue weighted by Crippen LogP contribution is 2.18. The lowest BCUT2D eigenvalue weighted by Gasteiger charge is -2.11. The summed E-state index contributed by atoms with van der Waals surface area (Å²) in [6, 6.07) is 6.85. The lowest BCUT2D eigenvalue weighted by Crippen LogP contribution is -2.34. The summed E-state index contributed by atoms with van der Waals surface area (Å²) in [5.41, 5.74) is 0.558. The number of nitrogens with one attached hydrogen (secondary N) is 1. The molecule has 98 valence electrons. The molecule has 0 unspecified atom stereocenters. The number of para-hydroxylation sites is 1. The number of carbonyl (C=O) groups is 2. The lowest BCUT2D eigenvalue weighted by molar-refractivity contribution is -0.136. The first-order valence-corrected chi connectivity index (χ1v) is 5.71. The highest BCUT2D eigenvalue weighted by atomic mass is 16.5. The molecule has 18 heavy (non-hydrogen) atoms. The Morgan fingerprint density at radius 2 is 2.00 bits per heavy atom. The first-order valence-electron chi connectivity index (χ1n) is 5.71. The maximum absolute atomic E-state index is 11.4. The third-order valence-electron chi connectivity index (χ3n) is 2.12. The number of carboxylic acid groups (broad SMARTS) is 1. The summed E-state index contributed by atoms with van der Waals surface area (Å²) < 4.78 is 5.33. The van der Waals surface area contributed by atoms with Gasteiger partial charge in [-0.2, -0.15) is 0 Å². The number of amides is 1. The first kappa shape index (κ1) is 14.0. The Hall–Kier alpha value is -2.04. The molecule has 1 aromatic carbocycles. The standard InChI is InChI=1S/C13H17NO4/c1-9(2)14-12(15)8-18-11-6-4-3-5-10(11)7-13(16)17/h3-6,9H,7-8H2,1-2H3,(H,14,15)(H,16,17). The zero-order valence-electron chi connectivity index (χ0n) is 10.5. The zero-order valence-corrected chi connectivity index (χ0v) is 10.5. The molecule has 2 N–H and O–H groups in total. The molecule has 5 heteroatoms. The highest BCUT2D eigenvalue weighted by molar-refractivity contribution is 5.78. The number of ether oxygens (including phenoxy) is 1. The fourth-order valence-electron chi connectivity index (χ4n) is 1.46. The quantitative estimate of drug-likeness (QED) is 0.797. The van der Waals surface area contributed by atoms with Crippen LogP contribution in [0.25, 0.3) is 0 Å². The molecule has 0 atom stereocenters. The molecule has 1 aromatic rings. The number of carboxylic acids is 1. The molecule has 0 saturated carbocycles. The largest absolute Gasteiger partial charge is 0.483 e. The van der Waals surface area contributed by atoms with E-state index in [1.165, 1.54) is 0 Å². The Kier molecular flexibility index (Phi) is 5.17. The van der Waals surface area contributed by atoms with E-state index in [-0.39, 0.29) is 25.0 Å². The zero-order chi connectivity index (χ0) is 13.5. The van der Waals surface area contributed by atoms with Crippen molar-refractivity contribution < 1.29 is 19.4 Å². The molecule has 0 aliphatic rings. The lowest BCUT2D eigenvalue weighted by atomic mass is 10.1. The molecule has 1 rings (SSSR count). The third kappa shape index (κ3) is 4.86. The molecule has 0 bridgehead atoms. The van der Waals surface area contributed by atoms with Gasteiger partial charge >= 0.3 is 5.97 Å². The number of benzene rings is 1.